The fourth-order valence-corrected chi connectivity index (χ4v) is 3.02. The maximum absolute atomic E-state index is 12.4. The van der Waals surface area contributed by atoms with Gasteiger partial charge in [0.1, 0.15) is 5.60 Å². The zero-order valence-electron chi connectivity index (χ0n) is 12.5. The van der Waals surface area contributed by atoms with E-state index in [-0.39, 0.29) is 37.4 Å². The SMILES string of the molecule is Cn1cc(N2CC(C(=O)N3CC(O)(CO)C3)CCC2=O)cn1. The van der Waals surface area contributed by atoms with Crippen LogP contribution in [0.2, 0.25) is 0 Å². The van der Waals surface area contributed by atoms with Gasteiger partial charge in [-0.05, 0) is 6.42 Å². The molecule has 0 saturated carbocycles. The molecule has 8 heteroatoms. The van der Waals surface area contributed by atoms with Crippen LogP contribution in [0, 0.1) is 5.92 Å². The average Bonchev–Trinajstić information content (AvgIpc) is 2.90. The number of nitrogens with zero attached hydrogens (tertiary/aromatic N) is 4. The molecule has 0 aromatic carbocycles. The van der Waals surface area contributed by atoms with Gasteiger partial charge >= 0.3 is 0 Å². The molecule has 120 valence electrons. The molecule has 0 radical (unpaired) electrons. The molecule has 3 rings (SSSR count). The van der Waals surface area contributed by atoms with Crippen molar-refractivity contribution in [2.75, 3.05) is 31.1 Å². The van der Waals surface area contributed by atoms with Crippen molar-refractivity contribution < 1.29 is 19.8 Å². The van der Waals surface area contributed by atoms with Gasteiger partial charge in [-0.15, -0.1) is 0 Å². The molecule has 1 unspecified atom stereocenters. The Hall–Kier alpha value is -1.93. The maximum atomic E-state index is 12.4. The molecule has 2 amide bonds. The first-order valence-electron chi connectivity index (χ1n) is 7.33. The summed E-state index contributed by atoms with van der Waals surface area (Å²) in [6.07, 6.45) is 4.20. The number of hydrogen-bond donors (Lipinski definition) is 2. The Balaban J connectivity index is 1.66. The molecule has 0 aliphatic carbocycles. The molecular formula is C14H20N4O4. The van der Waals surface area contributed by atoms with Crippen molar-refractivity contribution in [1.82, 2.24) is 14.7 Å². The van der Waals surface area contributed by atoms with Gasteiger partial charge in [0.15, 0.2) is 0 Å². The molecule has 3 heterocycles. The van der Waals surface area contributed by atoms with Gasteiger partial charge in [-0.3, -0.25) is 14.3 Å². The van der Waals surface area contributed by atoms with E-state index in [0.29, 0.717) is 25.1 Å². The summed E-state index contributed by atoms with van der Waals surface area (Å²) in [5.41, 5.74) is -0.469. The molecule has 1 atom stereocenters. The number of piperidine rings is 1. The van der Waals surface area contributed by atoms with Gasteiger partial charge in [-0.25, -0.2) is 0 Å². The number of aromatic nitrogens is 2. The van der Waals surface area contributed by atoms with Crippen LogP contribution in [0.5, 0.6) is 0 Å². The standard InChI is InChI=1S/C14H20N4O4/c1-16-6-11(4-15-16)18-5-10(2-3-12(18)20)13(21)17-7-14(22,8-17)9-19/h4,6,10,19,22H,2-3,5,7-9H2,1H3. The lowest BCUT2D eigenvalue weighted by Crippen LogP contribution is -2.67. The second kappa shape index (κ2) is 5.36. The minimum atomic E-state index is -1.16. The van der Waals surface area contributed by atoms with Crippen LogP contribution in [0.4, 0.5) is 5.69 Å². The second-order valence-electron chi connectivity index (χ2n) is 6.19. The van der Waals surface area contributed by atoms with Crippen LogP contribution in [0.3, 0.4) is 0 Å². The Labute approximate surface area is 127 Å². The van der Waals surface area contributed by atoms with E-state index in [0.717, 1.165) is 0 Å². The van der Waals surface area contributed by atoms with Crippen molar-refractivity contribution in [3.63, 3.8) is 0 Å². The van der Waals surface area contributed by atoms with Crippen LogP contribution in [0.1, 0.15) is 12.8 Å². The minimum Gasteiger partial charge on any atom is -0.393 e. The number of rotatable bonds is 3. The lowest BCUT2D eigenvalue weighted by molar-refractivity contribution is -0.166. The summed E-state index contributed by atoms with van der Waals surface area (Å²) in [5, 5.41) is 22.9. The second-order valence-corrected chi connectivity index (χ2v) is 6.19. The normalized spacial score (nSPS) is 24.3. The minimum absolute atomic E-state index is 0.00692. The van der Waals surface area contributed by atoms with Gasteiger partial charge in [0.2, 0.25) is 11.8 Å². The molecule has 0 bridgehead atoms. The quantitative estimate of drug-likeness (QED) is 0.725. The summed E-state index contributed by atoms with van der Waals surface area (Å²) in [4.78, 5) is 27.6. The smallest absolute Gasteiger partial charge is 0.227 e. The first kappa shape index (κ1) is 15.0. The Morgan fingerprint density at radius 3 is 2.82 bits per heavy atom. The molecule has 1 aromatic rings. The fourth-order valence-electron chi connectivity index (χ4n) is 3.02. The Kier molecular flexibility index (Phi) is 3.65. The van der Waals surface area contributed by atoms with Gasteiger partial charge < -0.3 is 20.0 Å². The molecule has 2 N–H and O–H groups in total. The van der Waals surface area contributed by atoms with Crippen molar-refractivity contribution in [3.8, 4) is 0 Å². The fraction of sp³-hybridized carbons (Fsp3) is 0.643. The van der Waals surface area contributed by atoms with Crippen molar-refractivity contribution >= 4 is 17.5 Å². The van der Waals surface area contributed by atoms with E-state index in [1.165, 1.54) is 4.90 Å². The number of aliphatic hydroxyl groups is 2. The first-order chi connectivity index (χ1) is 10.4. The zero-order valence-corrected chi connectivity index (χ0v) is 12.5. The Bertz CT molecular complexity index is 593. The molecule has 2 saturated heterocycles. The third-order valence-corrected chi connectivity index (χ3v) is 4.34. The predicted molar refractivity (Wildman–Crippen MR) is 76.9 cm³/mol. The lowest BCUT2D eigenvalue weighted by atomic mass is 9.90. The van der Waals surface area contributed by atoms with Gasteiger partial charge in [-0.2, -0.15) is 5.10 Å². The number of carbonyl (C=O) groups excluding carboxylic acids is 2. The number of amides is 2. The van der Waals surface area contributed by atoms with Crippen LogP contribution in [0.25, 0.3) is 0 Å². The van der Waals surface area contributed by atoms with Crippen LogP contribution < -0.4 is 4.90 Å². The van der Waals surface area contributed by atoms with E-state index in [9.17, 15) is 14.7 Å². The Morgan fingerprint density at radius 1 is 1.50 bits per heavy atom. The van der Waals surface area contributed by atoms with Crippen molar-refractivity contribution in [1.29, 1.82) is 0 Å². The largest absolute Gasteiger partial charge is 0.393 e. The van der Waals surface area contributed by atoms with Crippen LogP contribution in [0.15, 0.2) is 12.4 Å². The number of anilines is 1. The predicted octanol–water partition coefficient (Wildman–Crippen LogP) is -1.27. The monoisotopic (exact) mass is 308 g/mol. The highest BCUT2D eigenvalue weighted by Crippen LogP contribution is 2.28. The van der Waals surface area contributed by atoms with E-state index >= 15 is 0 Å². The first-order valence-corrected chi connectivity index (χ1v) is 7.33. The highest BCUT2D eigenvalue weighted by Gasteiger charge is 2.45. The number of hydrogen-bond acceptors (Lipinski definition) is 5. The third-order valence-electron chi connectivity index (χ3n) is 4.34. The van der Waals surface area contributed by atoms with E-state index < -0.39 is 5.60 Å². The molecule has 8 nitrogen and oxygen atoms in total. The number of aliphatic hydroxyl groups excluding tert-OH is 1. The molecule has 2 fully saturated rings. The number of carbonyl (C=O) groups is 2. The Morgan fingerprint density at radius 2 is 2.23 bits per heavy atom. The number of likely N-dealkylation sites (tertiary alicyclic amines) is 1. The van der Waals surface area contributed by atoms with E-state index in [2.05, 4.69) is 5.10 Å². The summed E-state index contributed by atoms with van der Waals surface area (Å²) in [5.74, 6) is -0.354. The lowest BCUT2D eigenvalue weighted by Gasteiger charge is -2.47. The molecule has 1 aromatic heterocycles. The highest BCUT2D eigenvalue weighted by molar-refractivity contribution is 5.96. The van der Waals surface area contributed by atoms with Crippen LogP contribution in [-0.2, 0) is 16.6 Å². The van der Waals surface area contributed by atoms with Gasteiger partial charge in [-0.1, -0.05) is 0 Å². The summed E-state index contributed by atoms with van der Waals surface area (Å²) in [6.45, 7) is 0.290. The van der Waals surface area contributed by atoms with Crippen LogP contribution >= 0.6 is 0 Å². The van der Waals surface area contributed by atoms with E-state index in [1.54, 1.807) is 29.0 Å². The van der Waals surface area contributed by atoms with E-state index in [1.807, 2.05) is 0 Å². The average molecular weight is 308 g/mol. The zero-order chi connectivity index (χ0) is 15.9. The van der Waals surface area contributed by atoms with Crippen molar-refractivity contribution in [2.45, 2.75) is 18.4 Å². The van der Waals surface area contributed by atoms with Gasteiger partial charge in [0.05, 0.1) is 37.5 Å². The molecule has 22 heavy (non-hydrogen) atoms. The van der Waals surface area contributed by atoms with Crippen molar-refractivity contribution in [2.24, 2.45) is 13.0 Å². The van der Waals surface area contributed by atoms with Gasteiger partial charge in [0.25, 0.3) is 0 Å². The third kappa shape index (κ3) is 2.59. The highest BCUT2D eigenvalue weighted by atomic mass is 16.3. The van der Waals surface area contributed by atoms with E-state index in [4.69, 9.17) is 5.11 Å². The molecular weight excluding hydrogens is 288 g/mol. The molecule has 0 spiro atoms. The summed E-state index contributed by atoms with van der Waals surface area (Å²) >= 11 is 0. The summed E-state index contributed by atoms with van der Waals surface area (Å²) in [6, 6.07) is 0. The molecule has 2 aliphatic heterocycles. The van der Waals surface area contributed by atoms with Gasteiger partial charge in [0, 0.05) is 26.2 Å². The molecule has 2 aliphatic rings. The van der Waals surface area contributed by atoms with Crippen LogP contribution in [-0.4, -0.2) is 68.6 Å². The summed E-state index contributed by atoms with van der Waals surface area (Å²) < 4.78 is 1.62. The summed E-state index contributed by atoms with van der Waals surface area (Å²) in [7, 11) is 1.77. The number of β-amino-alcohol motifs (C(OH)–C–C–N with tert-alkyl or cyclic N) is 1. The topological polar surface area (TPSA) is 98.9 Å². The maximum Gasteiger partial charge on any atom is 0.227 e. The van der Waals surface area contributed by atoms with Crippen molar-refractivity contribution in [3.05, 3.63) is 12.4 Å². The number of aryl methyl sites for hydroxylation is 1.